The van der Waals surface area contributed by atoms with Crippen molar-refractivity contribution in [1.29, 1.82) is 0 Å². The first-order chi connectivity index (χ1) is 10.8. The van der Waals surface area contributed by atoms with Gasteiger partial charge in [0, 0.05) is 37.4 Å². The molecule has 1 saturated heterocycles. The third-order valence-corrected chi connectivity index (χ3v) is 4.16. The fourth-order valence-electron chi connectivity index (χ4n) is 2.82. The first-order valence-electron chi connectivity index (χ1n) is 8.00. The van der Waals surface area contributed by atoms with Gasteiger partial charge in [0.2, 0.25) is 5.88 Å². The van der Waals surface area contributed by atoms with Crippen LogP contribution in [0.4, 0.5) is 0 Å². The van der Waals surface area contributed by atoms with Gasteiger partial charge in [-0.3, -0.25) is 9.69 Å². The zero-order valence-electron chi connectivity index (χ0n) is 14.6. The van der Waals surface area contributed by atoms with Crippen molar-refractivity contribution in [2.75, 3.05) is 26.7 Å². The van der Waals surface area contributed by atoms with Crippen molar-refractivity contribution in [3.63, 3.8) is 0 Å². The van der Waals surface area contributed by atoms with Crippen LogP contribution in [0.3, 0.4) is 0 Å². The second-order valence-corrected chi connectivity index (χ2v) is 6.75. The first-order valence-corrected chi connectivity index (χ1v) is 8.00. The molecule has 1 aliphatic heterocycles. The number of ether oxygens (including phenoxy) is 2. The fourth-order valence-corrected chi connectivity index (χ4v) is 2.82. The summed E-state index contributed by atoms with van der Waals surface area (Å²) in [6.07, 6.45) is 1.94. The summed E-state index contributed by atoms with van der Waals surface area (Å²) in [4.78, 5) is 18.7. The number of rotatable bonds is 5. The van der Waals surface area contributed by atoms with E-state index in [0.717, 1.165) is 13.1 Å². The number of morpholine rings is 1. The van der Waals surface area contributed by atoms with Crippen molar-refractivity contribution in [2.45, 2.75) is 45.4 Å². The molecular weight excluding hydrogens is 294 g/mol. The van der Waals surface area contributed by atoms with E-state index >= 15 is 0 Å². The molecule has 1 aliphatic rings. The summed E-state index contributed by atoms with van der Waals surface area (Å²) in [6, 6.07) is 3.40. The summed E-state index contributed by atoms with van der Waals surface area (Å²) >= 11 is 0. The van der Waals surface area contributed by atoms with Crippen LogP contribution in [0.2, 0.25) is 0 Å². The molecule has 128 valence electrons. The van der Waals surface area contributed by atoms with Gasteiger partial charge in [0.05, 0.1) is 24.9 Å². The fraction of sp³-hybridized carbons (Fsp3) is 0.647. The molecule has 1 N–H and O–H groups in total. The smallest absolute Gasteiger partial charge is 0.252 e. The lowest BCUT2D eigenvalue weighted by Crippen LogP contribution is -2.58. The van der Waals surface area contributed by atoms with E-state index in [0.29, 0.717) is 18.0 Å². The van der Waals surface area contributed by atoms with Gasteiger partial charge in [-0.25, -0.2) is 4.98 Å². The Labute approximate surface area is 138 Å². The summed E-state index contributed by atoms with van der Waals surface area (Å²) in [5, 5.41) is 3.00. The van der Waals surface area contributed by atoms with E-state index in [2.05, 4.69) is 42.9 Å². The van der Waals surface area contributed by atoms with Gasteiger partial charge in [0.15, 0.2) is 0 Å². The van der Waals surface area contributed by atoms with E-state index in [-0.39, 0.29) is 23.7 Å². The highest BCUT2D eigenvalue weighted by atomic mass is 16.5. The number of hydrogen-bond donors (Lipinski definition) is 1. The molecule has 2 atom stereocenters. The number of amides is 1. The van der Waals surface area contributed by atoms with Crippen LogP contribution in [0, 0.1) is 0 Å². The van der Waals surface area contributed by atoms with Crippen molar-refractivity contribution in [3.8, 4) is 5.88 Å². The molecule has 1 aromatic heterocycles. The summed E-state index contributed by atoms with van der Waals surface area (Å²) in [6.45, 7) is 10.8. The van der Waals surface area contributed by atoms with Crippen LogP contribution in [0.15, 0.2) is 18.3 Å². The van der Waals surface area contributed by atoms with Gasteiger partial charge >= 0.3 is 0 Å². The molecule has 0 unspecified atom stereocenters. The zero-order valence-corrected chi connectivity index (χ0v) is 14.6. The third-order valence-electron chi connectivity index (χ3n) is 4.16. The maximum absolute atomic E-state index is 12.3. The number of nitrogens with one attached hydrogen (secondary N) is 1. The van der Waals surface area contributed by atoms with Gasteiger partial charge in [-0.15, -0.1) is 0 Å². The van der Waals surface area contributed by atoms with Gasteiger partial charge in [0.25, 0.3) is 5.91 Å². The number of hydrogen-bond acceptors (Lipinski definition) is 5. The van der Waals surface area contributed by atoms with Crippen molar-refractivity contribution >= 4 is 5.91 Å². The van der Waals surface area contributed by atoms with Gasteiger partial charge in [0.1, 0.15) is 0 Å². The maximum atomic E-state index is 12.3. The van der Waals surface area contributed by atoms with E-state index in [4.69, 9.17) is 9.47 Å². The minimum atomic E-state index is -0.137. The van der Waals surface area contributed by atoms with Crippen molar-refractivity contribution in [3.05, 3.63) is 23.9 Å². The van der Waals surface area contributed by atoms with E-state index in [9.17, 15) is 4.79 Å². The molecule has 0 radical (unpaired) electrons. The first kappa shape index (κ1) is 17.7. The Morgan fingerprint density at radius 1 is 1.39 bits per heavy atom. The maximum Gasteiger partial charge on any atom is 0.252 e. The molecule has 0 spiro atoms. The van der Waals surface area contributed by atoms with Crippen LogP contribution < -0.4 is 10.1 Å². The van der Waals surface area contributed by atoms with Crippen LogP contribution in [0.1, 0.15) is 38.1 Å². The second kappa shape index (κ2) is 7.27. The number of carbonyl (C=O) groups excluding carboxylic acids is 1. The van der Waals surface area contributed by atoms with Crippen LogP contribution >= 0.6 is 0 Å². The Hall–Kier alpha value is -1.66. The standard InChI is InChI=1S/C17H27N3O3/c1-12-9-20(10-13(2)23-12)17(3,4)11-19-16(21)14-6-7-15(22-5)18-8-14/h6-8,12-13H,9-11H2,1-5H3,(H,19,21)/t12-,13-/m0/s1. The van der Waals surface area contributed by atoms with Gasteiger partial charge in [-0.2, -0.15) is 0 Å². The molecule has 6 heteroatoms. The van der Waals surface area contributed by atoms with E-state index < -0.39 is 0 Å². The van der Waals surface area contributed by atoms with Crippen molar-refractivity contribution in [1.82, 2.24) is 15.2 Å². The number of methoxy groups -OCH3 is 1. The Morgan fingerprint density at radius 2 is 2.04 bits per heavy atom. The minimum absolute atomic E-state index is 0.123. The number of pyridine rings is 1. The summed E-state index contributed by atoms with van der Waals surface area (Å²) < 4.78 is 10.8. The van der Waals surface area contributed by atoms with Gasteiger partial charge in [-0.05, 0) is 33.8 Å². The van der Waals surface area contributed by atoms with Crippen molar-refractivity contribution < 1.29 is 14.3 Å². The molecule has 1 aromatic rings. The molecule has 2 heterocycles. The average molecular weight is 321 g/mol. The molecule has 0 aromatic carbocycles. The lowest BCUT2D eigenvalue weighted by molar-refractivity contribution is -0.0948. The predicted molar refractivity (Wildman–Crippen MR) is 88.8 cm³/mol. The van der Waals surface area contributed by atoms with Gasteiger partial charge in [-0.1, -0.05) is 0 Å². The molecule has 0 aliphatic carbocycles. The molecule has 1 amide bonds. The molecule has 0 bridgehead atoms. The van der Waals surface area contributed by atoms with E-state index in [1.807, 2.05) is 0 Å². The largest absolute Gasteiger partial charge is 0.481 e. The Morgan fingerprint density at radius 3 is 2.57 bits per heavy atom. The van der Waals surface area contributed by atoms with Crippen LogP contribution in [-0.4, -0.2) is 60.3 Å². The summed E-state index contributed by atoms with van der Waals surface area (Å²) in [5.74, 6) is 0.376. The SMILES string of the molecule is COc1ccc(C(=O)NCC(C)(C)N2C[C@H](C)O[C@@H](C)C2)cn1. The summed E-state index contributed by atoms with van der Waals surface area (Å²) in [7, 11) is 1.55. The van der Waals surface area contributed by atoms with E-state index in [1.54, 1.807) is 19.2 Å². The highest BCUT2D eigenvalue weighted by Crippen LogP contribution is 2.20. The Balaban J connectivity index is 1.93. The predicted octanol–water partition coefficient (Wildman–Crippen LogP) is 1.71. The molecule has 2 rings (SSSR count). The zero-order chi connectivity index (χ0) is 17.0. The Bertz CT molecular complexity index is 520. The average Bonchev–Trinajstić information content (AvgIpc) is 2.52. The topological polar surface area (TPSA) is 63.7 Å². The Kier molecular flexibility index (Phi) is 5.59. The molecule has 6 nitrogen and oxygen atoms in total. The van der Waals surface area contributed by atoms with E-state index in [1.165, 1.54) is 6.20 Å². The van der Waals surface area contributed by atoms with Crippen LogP contribution in [0.5, 0.6) is 5.88 Å². The van der Waals surface area contributed by atoms with Gasteiger partial charge < -0.3 is 14.8 Å². The molecule has 23 heavy (non-hydrogen) atoms. The highest BCUT2D eigenvalue weighted by molar-refractivity contribution is 5.93. The highest BCUT2D eigenvalue weighted by Gasteiger charge is 2.33. The number of carbonyl (C=O) groups is 1. The molecule has 1 fully saturated rings. The molecule has 0 saturated carbocycles. The quantitative estimate of drug-likeness (QED) is 0.894. The summed E-state index contributed by atoms with van der Waals surface area (Å²) in [5.41, 5.74) is 0.396. The lowest BCUT2D eigenvalue weighted by Gasteiger charge is -2.45. The normalized spacial score (nSPS) is 22.7. The third kappa shape index (κ3) is 4.65. The number of nitrogens with zero attached hydrogens (tertiary/aromatic N) is 2. The van der Waals surface area contributed by atoms with Crippen LogP contribution in [-0.2, 0) is 4.74 Å². The lowest BCUT2D eigenvalue weighted by atomic mass is 10.00. The minimum Gasteiger partial charge on any atom is -0.481 e. The van der Waals surface area contributed by atoms with Crippen LogP contribution in [0.25, 0.3) is 0 Å². The molecular formula is C17H27N3O3. The number of aromatic nitrogens is 1. The monoisotopic (exact) mass is 321 g/mol. The second-order valence-electron chi connectivity index (χ2n) is 6.75. The van der Waals surface area contributed by atoms with Crippen molar-refractivity contribution in [2.24, 2.45) is 0 Å².